The number of carbonyl (C=O) groups is 1. The maximum Gasteiger partial charge on any atom is 0.508 e. The van der Waals surface area contributed by atoms with Crippen molar-refractivity contribution in [1.29, 1.82) is 0 Å². The van der Waals surface area contributed by atoms with E-state index in [4.69, 9.17) is 27.2 Å². The number of hydrogen-bond acceptors (Lipinski definition) is 7. The third-order valence-corrected chi connectivity index (χ3v) is 9.91. The van der Waals surface area contributed by atoms with Crippen LogP contribution in [0.1, 0.15) is 40.5 Å². The van der Waals surface area contributed by atoms with E-state index in [1.54, 1.807) is 0 Å². The van der Waals surface area contributed by atoms with Gasteiger partial charge in [-0.1, -0.05) is 0 Å². The van der Waals surface area contributed by atoms with Gasteiger partial charge < -0.3 is 27.2 Å². The third kappa shape index (κ3) is 12.0. The van der Waals surface area contributed by atoms with Crippen LogP contribution in [0.15, 0.2) is 0 Å². The van der Waals surface area contributed by atoms with Crippen LogP contribution in [-0.2, 0) is 27.2 Å². The lowest BCUT2D eigenvalue weighted by atomic mass is 10.5. The summed E-state index contributed by atoms with van der Waals surface area (Å²) in [5.74, 6) is 0. The Labute approximate surface area is 161 Å². The number of rotatable bonds is 16. The highest BCUT2D eigenvalue weighted by molar-refractivity contribution is 6.66. The van der Waals surface area contributed by atoms with Gasteiger partial charge in [-0.3, -0.25) is 0 Å². The first-order valence-electron chi connectivity index (χ1n) is 9.70. The highest BCUT2D eigenvalue weighted by atomic mass is 28.4. The second-order valence-electron chi connectivity index (χ2n) is 6.15. The van der Waals surface area contributed by atoms with E-state index in [1.807, 2.05) is 40.8 Å². The minimum Gasteiger partial charge on any atom is -0.434 e. The molecule has 9 heteroatoms. The highest BCUT2D eigenvalue weighted by Gasteiger charge is 2.31. The van der Waals surface area contributed by atoms with E-state index in [1.165, 1.54) is 0 Å². The normalized spacial score (nSPS) is 12.2. The zero-order valence-corrected chi connectivity index (χ0v) is 19.4. The van der Waals surface area contributed by atoms with Gasteiger partial charge in [-0.15, -0.1) is 0 Å². The van der Waals surface area contributed by atoms with Gasteiger partial charge in [-0.2, -0.15) is 0 Å². The summed E-state index contributed by atoms with van der Waals surface area (Å²) in [4.78, 5) is 11.6. The number of carbonyl (C=O) groups excluding carboxylic acids is 1. The molecule has 0 fully saturated rings. The molecule has 0 spiro atoms. The van der Waals surface area contributed by atoms with E-state index in [9.17, 15) is 4.79 Å². The molecule has 0 atom stereocenters. The van der Waals surface area contributed by atoms with Gasteiger partial charge in [0.1, 0.15) is 0 Å². The van der Waals surface area contributed by atoms with Crippen molar-refractivity contribution in [1.82, 2.24) is 0 Å². The lowest BCUT2D eigenvalue weighted by molar-refractivity contribution is 0.0538. The zero-order chi connectivity index (χ0) is 19.9. The van der Waals surface area contributed by atoms with Crippen molar-refractivity contribution in [3.8, 4) is 0 Å². The Morgan fingerprint density at radius 3 is 1.23 bits per heavy atom. The average molecular weight is 411 g/mol. The first kappa shape index (κ1) is 25.5. The number of ether oxygens (including phenoxy) is 2. The standard InChI is InChI=1S/C17H38O7Si2/c1-7-21-25(5,22-8-2)15-11-13-19-17(18)20-14-12-16-26(6,23-9-3)24-10-4/h7-16H2,1-6H3. The Morgan fingerprint density at radius 1 is 0.654 bits per heavy atom. The highest BCUT2D eigenvalue weighted by Crippen LogP contribution is 2.17. The van der Waals surface area contributed by atoms with Gasteiger partial charge in [0.05, 0.1) is 13.2 Å². The molecule has 0 aromatic carbocycles. The van der Waals surface area contributed by atoms with Crippen LogP contribution < -0.4 is 0 Å². The minimum atomic E-state index is -2.14. The topological polar surface area (TPSA) is 72.5 Å². The first-order chi connectivity index (χ1) is 12.3. The molecule has 0 amide bonds. The largest absolute Gasteiger partial charge is 0.508 e. The monoisotopic (exact) mass is 410 g/mol. The molecule has 0 aliphatic heterocycles. The van der Waals surface area contributed by atoms with E-state index >= 15 is 0 Å². The lowest BCUT2D eigenvalue weighted by Gasteiger charge is -2.26. The van der Waals surface area contributed by atoms with Crippen molar-refractivity contribution >= 4 is 23.3 Å². The molecule has 0 aliphatic carbocycles. The molecule has 0 radical (unpaired) electrons. The van der Waals surface area contributed by atoms with Gasteiger partial charge in [0.2, 0.25) is 0 Å². The zero-order valence-electron chi connectivity index (χ0n) is 17.4. The van der Waals surface area contributed by atoms with Gasteiger partial charge in [0.15, 0.2) is 0 Å². The van der Waals surface area contributed by atoms with Crippen LogP contribution in [0.2, 0.25) is 25.2 Å². The van der Waals surface area contributed by atoms with E-state index in [2.05, 4.69) is 0 Å². The molecule has 0 N–H and O–H groups in total. The van der Waals surface area contributed by atoms with Crippen LogP contribution in [0.25, 0.3) is 0 Å². The molecule has 0 saturated carbocycles. The summed E-state index contributed by atoms with van der Waals surface area (Å²) in [6.07, 6.45) is 0.784. The van der Waals surface area contributed by atoms with Crippen molar-refractivity contribution in [2.45, 2.75) is 65.7 Å². The number of hydrogen-bond donors (Lipinski definition) is 0. The van der Waals surface area contributed by atoms with Crippen LogP contribution in [-0.4, -0.2) is 62.9 Å². The minimum absolute atomic E-state index is 0.311. The first-order valence-corrected chi connectivity index (χ1v) is 14.7. The van der Waals surface area contributed by atoms with Crippen molar-refractivity contribution in [3.05, 3.63) is 0 Å². The fourth-order valence-corrected chi connectivity index (χ4v) is 7.49. The summed E-state index contributed by atoms with van der Waals surface area (Å²) in [6, 6.07) is 1.57. The quantitative estimate of drug-likeness (QED) is 0.214. The van der Waals surface area contributed by atoms with Gasteiger partial charge in [0, 0.05) is 26.4 Å². The Morgan fingerprint density at radius 2 is 0.962 bits per heavy atom. The third-order valence-electron chi connectivity index (χ3n) is 3.79. The summed E-state index contributed by atoms with van der Waals surface area (Å²) < 4.78 is 33.3. The van der Waals surface area contributed by atoms with Crippen molar-refractivity contribution in [2.24, 2.45) is 0 Å². The Balaban J connectivity index is 3.92. The Bertz CT molecular complexity index is 325. The van der Waals surface area contributed by atoms with E-state index in [-0.39, 0.29) is 0 Å². The van der Waals surface area contributed by atoms with Gasteiger partial charge >= 0.3 is 23.3 Å². The Kier molecular flexibility index (Phi) is 14.3. The predicted molar refractivity (Wildman–Crippen MR) is 106 cm³/mol. The van der Waals surface area contributed by atoms with Gasteiger partial charge in [0.25, 0.3) is 0 Å². The molecule has 0 rings (SSSR count). The molecular formula is C17H38O7Si2. The molecule has 0 aromatic rings. The summed E-state index contributed by atoms with van der Waals surface area (Å²) >= 11 is 0. The molecule has 156 valence electrons. The lowest BCUT2D eigenvalue weighted by Crippen LogP contribution is -2.39. The molecule has 0 aromatic heterocycles. The fourth-order valence-electron chi connectivity index (χ4n) is 2.73. The predicted octanol–water partition coefficient (Wildman–Crippen LogP) is 4.21. The molecule has 0 saturated heterocycles. The summed E-state index contributed by atoms with van der Waals surface area (Å²) in [7, 11) is -4.29. The van der Waals surface area contributed by atoms with Crippen molar-refractivity contribution < 1.29 is 32.0 Å². The average Bonchev–Trinajstić information content (AvgIpc) is 2.57. The molecular weight excluding hydrogens is 372 g/mol. The van der Waals surface area contributed by atoms with E-state index in [0.717, 1.165) is 12.1 Å². The maximum absolute atomic E-state index is 11.6. The molecule has 7 nitrogen and oxygen atoms in total. The SMILES string of the molecule is CCO[Si](C)(CCCOC(=O)OCCC[Si](C)(OCC)OCC)OCC. The second-order valence-corrected chi connectivity index (χ2v) is 12.8. The molecule has 0 heterocycles. The molecule has 26 heavy (non-hydrogen) atoms. The van der Waals surface area contributed by atoms with Crippen LogP contribution in [0.3, 0.4) is 0 Å². The van der Waals surface area contributed by atoms with Crippen molar-refractivity contribution in [2.75, 3.05) is 39.6 Å². The fraction of sp³-hybridized carbons (Fsp3) is 0.941. The smallest absolute Gasteiger partial charge is 0.434 e. The Hall–Kier alpha value is -0.456. The van der Waals surface area contributed by atoms with Gasteiger partial charge in [-0.05, 0) is 65.7 Å². The van der Waals surface area contributed by atoms with E-state index < -0.39 is 23.3 Å². The van der Waals surface area contributed by atoms with Gasteiger partial charge in [-0.25, -0.2) is 4.79 Å². The molecule has 0 aliphatic rings. The van der Waals surface area contributed by atoms with Crippen LogP contribution in [0.5, 0.6) is 0 Å². The second kappa shape index (κ2) is 14.6. The van der Waals surface area contributed by atoms with Crippen molar-refractivity contribution in [3.63, 3.8) is 0 Å². The van der Waals surface area contributed by atoms with Crippen LogP contribution >= 0.6 is 0 Å². The van der Waals surface area contributed by atoms with E-state index in [0.29, 0.717) is 52.5 Å². The summed E-state index contributed by atoms with van der Waals surface area (Å²) in [5, 5.41) is 0. The summed E-state index contributed by atoms with van der Waals surface area (Å²) in [6.45, 7) is 15.1. The maximum atomic E-state index is 11.6. The van der Waals surface area contributed by atoms with Crippen LogP contribution in [0.4, 0.5) is 4.79 Å². The molecule has 0 bridgehead atoms. The van der Waals surface area contributed by atoms with Crippen LogP contribution in [0, 0.1) is 0 Å². The summed E-state index contributed by atoms with van der Waals surface area (Å²) in [5.41, 5.74) is 0. The molecule has 0 unspecified atom stereocenters.